The third kappa shape index (κ3) is 4.18. The van der Waals surface area contributed by atoms with Crippen molar-refractivity contribution < 1.29 is 0 Å². The zero-order chi connectivity index (χ0) is 12.9. The SMILES string of the molecule is CCC(C)CC(C)(CC(C)C)c1ccccc1. The first-order valence-electron chi connectivity index (χ1n) is 7.03. The van der Waals surface area contributed by atoms with Gasteiger partial charge in [0, 0.05) is 0 Å². The van der Waals surface area contributed by atoms with Gasteiger partial charge in [-0.05, 0) is 35.7 Å². The quantitative estimate of drug-likeness (QED) is 0.614. The van der Waals surface area contributed by atoms with Crippen molar-refractivity contribution in [2.45, 2.75) is 59.3 Å². The molecule has 0 saturated heterocycles. The summed E-state index contributed by atoms with van der Waals surface area (Å²) in [6.45, 7) is 11.8. The lowest BCUT2D eigenvalue weighted by molar-refractivity contribution is 0.292. The number of hydrogen-bond donors (Lipinski definition) is 0. The Morgan fingerprint density at radius 3 is 2.06 bits per heavy atom. The van der Waals surface area contributed by atoms with E-state index in [9.17, 15) is 0 Å². The topological polar surface area (TPSA) is 0 Å². The maximum absolute atomic E-state index is 2.44. The molecule has 0 aliphatic rings. The molecule has 2 atom stereocenters. The number of hydrogen-bond acceptors (Lipinski definition) is 0. The zero-order valence-electron chi connectivity index (χ0n) is 12.2. The minimum absolute atomic E-state index is 0.338. The van der Waals surface area contributed by atoms with Crippen LogP contribution in [-0.4, -0.2) is 0 Å². The second-order valence-electron chi connectivity index (χ2n) is 6.24. The molecule has 0 N–H and O–H groups in total. The number of rotatable bonds is 6. The van der Waals surface area contributed by atoms with E-state index in [1.165, 1.54) is 24.8 Å². The summed E-state index contributed by atoms with van der Waals surface area (Å²) in [6.07, 6.45) is 3.85. The molecule has 0 bridgehead atoms. The van der Waals surface area contributed by atoms with Gasteiger partial charge in [0.25, 0.3) is 0 Å². The fraction of sp³-hybridized carbons (Fsp3) is 0.647. The Balaban J connectivity index is 2.93. The van der Waals surface area contributed by atoms with E-state index in [1.807, 2.05) is 0 Å². The average Bonchev–Trinajstić information content (AvgIpc) is 2.29. The van der Waals surface area contributed by atoms with Crippen LogP contribution in [0.2, 0.25) is 0 Å². The molecule has 0 fully saturated rings. The predicted octanol–water partition coefficient (Wildman–Crippen LogP) is 5.43. The molecule has 1 aromatic rings. The van der Waals surface area contributed by atoms with Gasteiger partial charge in [-0.25, -0.2) is 0 Å². The molecular weight excluding hydrogens is 204 g/mol. The second kappa shape index (κ2) is 6.23. The first-order valence-corrected chi connectivity index (χ1v) is 7.03. The highest BCUT2D eigenvalue weighted by Gasteiger charge is 2.28. The Bertz CT molecular complexity index is 312. The minimum Gasteiger partial charge on any atom is -0.0651 e. The van der Waals surface area contributed by atoms with Crippen LogP contribution in [0.5, 0.6) is 0 Å². The van der Waals surface area contributed by atoms with Crippen molar-refractivity contribution in [2.75, 3.05) is 0 Å². The minimum atomic E-state index is 0.338. The molecule has 0 aliphatic heterocycles. The van der Waals surface area contributed by atoms with Crippen molar-refractivity contribution in [1.82, 2.24) is 0 Å². The molecular formula is C17H28. The normalized spacial score (nSPS) is 16.8. The molecule has 0 spiro atoms. The molecule has 0 saturated carbocycles. The summed E-state index contributed by atoms with van der Waals surface area (Å²) in [7, 11) is 0. The van der Waals surface area contributed by atoms with Crippen molar-refractivity contribution in [3.05, 3.63) is 35.9 Å². The van der Waals surface area contributed by atoms with Gasteiger partial charge >= 0.3 is 0 Å². The maximum atomic E-state index is 2.44. The molecule has 0 heterocycles. The van der Waals surface area contributed by atoms with Crippen LogP contribution in [-0.2, 0) is 5.41 Å². The molecule has 17 heavy (non-hydrogen) atoms. The molecule has 0 radical (unpaired) electrons. The molecule has 0 aliphatic carbocycles. The van der Waals surface area contributed by atoms with Crippen molar-refractivity contribution >= 4 is 0 Å². The van der Waals surface area contributed by atoms with Gasteiger partial charge in [0.05, 0.1) is 0 Å². The summed E-state index contributed by atoms with van der Waals surface area (Å²) in [4.78, 5) is 0. The highest BCUT2D eigenvalue weighted by Crippen LogP contribution is 2.37. The second-order valence-corrected chi connectivity index (χ2v) is 6.24. The van der Waals surface area contributed by atoms with Crippen LogP contribution in [0, 0.1) is 11.8 Å². The highest BCUT2D eigenvalue weighted by atomic mass is 14.3. The first kappa shape index (κ1) is 14.3. The lowest BCUT2D eigenvalue weighted by atomic mass is 9.70. The van der Waals surface area contributed by atoms with Crippen molar-refractivity contribution in [1.29, 1.82) is 0 Å². The van der Waals surface area contributed by atoms with Gasteiger partial charge < -0.3 is 0 Å². The Morgan fingerprint density at radius 1 is 1.00 bits per heavy atom. The average molecular weight is 232 g/mol. The Morgan fingerprint density at radius 2 is 1.59 bits per heavy atom. The van der Waals surface area contributed by atoms with E-state index in [4.69, 9.17) is 0 Å². The van der Waals surface area contributed by atoms with Gasteiger partial charge in [0.1, 0.15) is 0 Å². The van der Waals surface area contributed by atoms with Crippen LogP contribution in [0.25, 0.3) is 0 Å². The van der Waals surface area contributed by atoms with Gasteiger partial charge in [-0.2, -0.15) is 0 Å². The van der Waals surface area contributed by atoms with Gasteiger partial charge in [-0.1, -0.05) is 71.4 Å². The fourth-order valence-electron chi connectivity index (χ4n) is 2.97. The molecule has 2 unspecified atom stereocenters. The van der Waals surface area contributed by atoms with Gasteiger partial charge in [-0.3, -0.25) is 0 Å². The smallest absolute Gasteiger partial charge is 0.00703 e. The van der Waals surface area contributed by atoms with Crippen LogP contribution in [0.15, 0.2) is 30.3 Å². The summed E-state index contributed by atoms with van der Waals surface area (Å²) >= 11 is 0. The van der Waals surface area contributed by atoms with E-state index in [1.54, 1.807) is 0 Å². The predicted molar refractivity (Wildman–Crippen MR) is 77.3 cm³/mol. The lowest BCUT2D eigenvalue weighted by Crippen LogP contribution is -2.26. The van der Waals surface area contributed by atoms with E-state index < -0.39 is 0 Å². The maximum Gasteiger partial charge on any atom is -0.00703 e. The molecule has 0 heteroatoms. The summed E-state index contributed by atoms with van der Waals surface area (Å²) in [5.74, 6) is 1.56. The Kier molecular flexibility index (Phi) is 5.24. The summed E-state index contributed by atoms with van der Waals surface area (Å²) in [5, 5.41) is 0. The van der Waals surface area contributed by atoms with Gasteiger partial charge in [0.15, 0.2) is 0 Å². The monoisotopic (exact) mass is 232 g/mol. The third-order valence-electron chi connectivity index (χ3n) is 3.83. The first-order chi connectivity index (χ1) is 7.98. The Hall–Kier alpha value is -0.780. The van der Waals surface area contributed by atoms with Gasteiger partial charge in [-0.15, -0.1) is 0 Å². The third-order valence-corrected chi connectivity index (χ3v) is 3.83. The lowest BCUT2D eigenvalue weighted by Gasteiger charge is -2.34. The standard InChI is InChI=1S/C17H28/c1-6-15(4)13-17(5,12-14(2)3)16-10-8-7-9-11-16/h7-11,14-15H,6,12-13H2,1-5H3. The van der Waals surface area contributed by atoms with Crippen LogP contribution < -0.4 is 0 Å². The van der Waals surface area contributed by atoms with Gasteiger partial charge in [0.2, 0.25) is 0 Å². The van der Waals surface area contributed by atoms with Crippen LogP contribution >= 0.6 is 0 Å². The van der Waals surface area contributed by atoms with E-state index in [0.717, 1.165) is 11.8 Å². The molecule has 1 rings (SSSR count). The summed E-state index contributed by atoms with van der Waals surface area (Å²) in [6, 6.07) is 11.0. The molecule has 0 amide bonds. The van der Waals surface area contributed by atoms with Crippen molar-refractivity contribution in [2.24, 2.45) is 11.8 Å². The zero-order valence-corrected chi connectivity index (χ0v) is 12.2. The largest absolute Gasteiger partial charge is 0.0651 e. The number of benzene rings is 1. The van der Waals surface area contributed by atoms with Crippen LogP contribution in [0.1, 0.15) is 59.4 Å². The van der Waals surface area contributed by atoms with E-state index in [2.05, 4.69) is 65.0 Å². The van der Waals surface area contributed by atoms with E-state index >= 15 is 0 Å². The fourth-order valence-corrected chi connectivity index (χ4v) is 2.97. The molecule has 96 valence electrons. The summed E-state index contributed by atoms with van der Waals surface area (Å²) < 4.78 is 0. The molecule has 1 aromatic carbocycles. The van der Waals surface area contributed by atoms with Crippen molar-refractivity contribution in [3.8, 4) is 0 Å². The highest BCUT2D eigenvalue weighted by molar-refractivity contribution is 5.24. The summed E-state index contributed by atoms with van der Waals surface area (Å²) in [5.41, 5.74) is 1.85. The molecule has 0 aromatic heterocycles. The van der Waals surface area contributed by atoms with Crippen molar-refractivity contribution in [3.63, 3.8) is 0 Å². The van der Waals surface area contributed by atoms with Crippen LogP contribution in [0.3, 0.4) is 0 Å². The van der Waals surface area contributed by atoms with E-state index in [-0.39, 0.29) is 0 Å². The van der Waals surface area contributed by atoms with E-state index in [0.29, 0.717) is 5.41 Å². The van der Waals surface area contributed by atoms with Crippen LogP contribution in [0.4, 0.5) is 0 Å². The Labute approximate surface area is 107 Å². The molecule has 0 nitrogen and oxygen atoms in total.